The summed E-state index contributed by atoms with van der Waals surface area (Å²) in [6.07, 6.45) is -0.161. The molecule has 190 valence electrons. The van der Waals surface area contributed by atoms with Gasteiger partial charge in [-0.2, -0.15) is 0 Å². The molecule has 0 saturated heterocycles. The maximum absolute atomic E-state index is 13.5. The smallest absolute Gasteiger partial charge is 0.408 e. The topological polar surface area (TPSA) is 108 Å². The van der Waals surface area contributed by atoms with Crippen LogP contribution in [0.3, 0.4) is 0 Å². The summed E-state index contributed by atoms with van der Waals surface area (Å²) < 4.78 is 5.23. The molecule has 0 aliphatic heterocycles. The number of rotatable bonds is 9. The molecule has 8 heteroatoms. The summed E-state index contributed by atoms with van der Waals surface area (Å²) in [4.78, 5) is 40.5. The van der Waals surface area contributed by atoms with Gasteiger partial charge in [-0.15, -0.1) is 0 Å². The Morgan fingerprint density at radius 2 is 1.69 bits per heavy atom. The zero-order chi connectivity index (χ0) is 26.2. The molecule has 0 spiro atoms. The molecule has 3 N–H and O–H groups in total. The van der Waals surface area contributed by atoms with Gasteiger partial charge in [-0.3, -0.25) is 9.59 Å². The molecule has 3 amide bonds. The van der Waals surface area contributed by atoms with Gasteiger partial charge in [0.05, 0.1) is 0 Å². The van der Waals surface area contributed by atoms with Crippen LogP contribution < -0.4 is 10.6 Å². The largest absolute Gasteiger partial charge is 0.507 e. The van der Waals surface area contributed by atoms with E-state index in [2.05, 4.69) is 10.6 Å². The summed E-state index contributed by atoms with van der Waals surface area (Å²) >= 11 is 0. The number of alkyl carbamates (subject to hydrolysis) is 1. The molecule has 0 aliphatic rings. The van der Waals surface area contributed by atoms with Gasteiger partial charge in [0.2, 0.25) is 11.8 Å². The van der Waals surface area contributed by atoms with Crippen molar-refractivity contribution in [1.82, 2.24) is 15.5 Å². The summed E-state index contributed by atoms with van der Waals surface area (Å²) in [6.45, 7) is 10.6. The Hall–Kier alpha value is -3.55. The lowest BCUT2D eigenvalue weighted by Crippen LogP contribution is -2.51. The molecule has 0 aliphatic carbocycles. The number of benzene rings is 2. The third kappa shape index (κ3) is 8.02. The number of ether oxygens (including phenoxy) is 1. The van der Waals surface area contributed by atoms with E-state index in [-0.39, 0.29) is 24.9 Å². The number of nitrogens with one attached hydrogen (secondary N) is 2. The lowest BCUT2D eigenvalue weighted by Gasteiger charge is -2.36. The van der Waals surface area contributed by atoms with Crippen LogP contribution in [-0.2, 0) is 20.9 Å². The highest BCUT2D eigenvalue weighted by molar-refractivity contribution is 5.91. The van der Waals surface area contributed by atoms with E-state index in [0.717, 1.165) is 5.56 Å². The molecular weight excluding hydrogens is 446 g/mol. The van der Waals surface area contributed by atoms with E-state index in [1.54, 1.807) is 45.9 Å². The monoisotopic (exact) mass is 483 g/mol. The minimum atomic E-state index is -1.10. The summed E-state index contributed by atoms with van der Waals surface area (Å²) in [5, 5.41) is 16.2. The van der Waals surface area contributed by atoms with E-state index in [1.165, 1.54) is 4.90 Å². The second kappa shape index (κ2) is 12.2. The first-order chi connectivity index (χ1) is 16.4. The highest BCUT2D eigenvalue weighted by Crippen LogP contribution is 2.33. The quantitative estimate of drug-likeness (QED) is 0.495. The zero-order valence-corrected chi connectivity index (χ0v) is 21.4. The molecule has 0 heterocycles. The standard InChI is InChI=1S/C27H37N3O5/c1-7-19(3)30(22(31)17-29-26(34)35-27(4,5)6)23(21-15-11-12-18(2)24(21)32)25(33)28-16-20-13-9-8-10-14-20/h8-15,19,23,32H,7,16-17H2,1-6H3,(H,28,33)(H,29,34). The Morgan fingerprint density at radius 1 is 1.03 bits per heavy atom. The van der Waals surface area contributed by atoms with Crippen molar-refractivity contribution in [2.45, 2.75) is 72.2 Å². The number of phenols is 1. The van der Waals surface area contributed by atoms with Crippen molar-refractivity contribution < 1.29 is 24.2 Å². The fourth-order valence-corrected chi connectivity index (χ4v) is 3.60. The van der Waals surface area contributed by atoms with Crippen LogP contribution in [0, 0.1) is 6.92 Å². The third-order valence-electron chi connectivity index (χ3n) is 5.54. The van der Waals surface area contributed by atoms with E-state index in [4.69, 9.17) is 4.74 Å². The Bertz CT molecular complexity index is 1020. The minimum Gasteiger partial charge on any atom is -0.507 e. The lowest BCUT2D eigenvalue weighted by atomic mass is 9.98. The van der Waals surface area contributed by atoms with Crippen LogP contribution in [0.15, 0.2) is 48.5 Å². The van der Waals surface area contributed by atoms with Gasteiger partial charge in [-0.25, -0.2) is 4.79 Å². The number of amides is 3. The van der Waals surface area contributed by atoms with Crippen LogP contribution in [-0.4, -0.2) is 46.1 Å². The molecule has 0 fully saturated rings. The van der Waals surface area contributed by atoms with E-state index in [9.17, 15) is 19.5 Å². The van der Waals surface area contributed by atoms with Crippen LogP contribution in [0.2, 0.25) is 0 Å². The highest BCUT2D eigenvalue weighted by atomic mass is 16.6. The van der Waals surface area contributed by atoms with Crippen molar-refractivity contribution in [3.63, 3.8) is 0 Å². The first-order valence-corrected chi connectivity index (χ1v) is 11.8. The molecule has 2 aromatic carbocycles. The number of nitrogens with zero attached hydrogens (tertiary/aromatic N) is 1. The van der Waals surface area contributed by atoms with Gasteiger partial charge in [-0.1, -0.05) is 55.5 Å². The second-order valence-electron chi connectivity index (χ2n) is 9.53. The molecule has 2 unspecified atom stereocenters. The third-order valence-corrected chi connectivity index (χ3v) is 5.54. The van der Waals surface area contributed by atoms with E-state index < -0.39 is 29.6 Å². The van der Waals surface area contributed by atoms with Crippen molar-refractivity contribution in [2.24, 2.45) is 0 Å². The average Bonchev–Trinajstić information content (AvgIpc) is 2.80. The molecule has 0 radical (unpaired) electrons. The SMILES string of the molecule is CCC(C)N(C(=O)CNC(=O)OC(C)(C)C)C(C(=O)NCc1ccccc1)c1cccc(C)c1O. The molecule has 0 aromatic heterocycles. The zero-order valence-electron chi connectivity index (χ0n) is 21.4. The Balaban J connectivity index is 2.38. The van der Waals surface area contributed by atoms with Gasteiger partial charge in [-0.05, 0) is 52.2 Å². The fraction of sp³-hybridized carbons (Fsp3) is 0.444. The van der Waals surface area contributed by atoms with E-state index in [0.29, 0.717) is 17.5 Å². The average molecular weight is 484 g/mol. The normalized spacial score (nSPS) is 12.9. The van der Waals surface area contributed by atoms with Gasteiger partial charge in [0.1, 0.15) is 23.9 Å². The number of para-hydroxylation sites is 1. The second-order valence-corrected chi connectivity index (χ2v) is 9.53. The van der Waals surface area contributed by atoms with Crippen molar-refractivity contribution in [2.75, 3.05) is 6.54 Å². The molecule has 2 atom stereocenters. The number of aromatic hydroxyl groups is 1. The fourth-order valence-electron chi connectivity index (χ4n) is 3.60. The van der Waals surface area contributed by atoms with Crippen molar-refractivity contribution in [3.8, 4) is 5.75 Å². The molecule has 0 saturated carbocycles. The van der Waals surface area contributed by atoms with Crippen LogP contribution in [0.25, 0.3) is 0 Å². The van der Waals surface area contributed by atoms with Gasteiger partial charge in [0, 0.05) is 18.2 Å². The van der Waals surface area contributed by atoms with Crippen molar-refractivity contribution >= 4 is 17.9 Å². The summed E-state index contributed by atoms with van der Waals surface area (Å²) in [7, 11) is 0. The van der Waals surface area contributed by atoms with Crippen LogP contribution in [0.1, 0.15) is 63.8 Å². The molecule has 35 heavy (non-hydrogen) atoms. The van der Waals surface area contributed by atoms with Gasteiger partial charge >= 0.3 is 6.09 Å². The molecule has 2 rings (SSSR count). The van der Waals surface area contributed by atoms with Gasteiger partial charge in [0.25, 0.3) is 0 Å². The Labute approximate surface area is 207 Å². The Kier molecular flexibility index (Phi) is 9.68. The van der Waals surface area contributed by atoms with Crippen molar-refractivity contribution in [3.05, 3.63) is 65.2 Å². The van der Waals surface area contributed by atoms with E-state index in [1.807, 2.05) is 44.2 Å². The number of hydrogen-bond donors (Lipinski definition) is 3. The molecule has 2 aromatic rings. The first kappa shape index (κ1) is 27.7. The predicted molar refractivity (Wildman–Crippen MR) is 135 cm³/mol. The molecule has 0 bridgehead atoms. The predicted octanol–water partition coefficient (Wildman–Crippen LogP) is 4.21. The lowest BCUT2D eigenvalue weighted by molar-refractivity contribution is -0.142. The van der Waals surface area contributed by atoms with Crippen LogP contribution in [0.5, 0.6) is 5.75 Å². The maximum atomic E-state index is 13.5. The number of aryl methyl sites for hydroxylation is 1. The summed E-state index contributed by atoms with van der Waals surface area (Å²) in [6, 6.07) is 13.1. The number of carbonyl (C=O) groups is 3. The highest BCUT2D eigenvalue weighted by Gasteiger charge is 2.36. The minimum absolute atomic E-state index is 0.0476. The summed E-state index contributed by atoms with van der Waals surface area (Å²) in [5.74, 6) is -0.944. The first-order valence-electron chi connectivity index (χ1n) is 11.8. The van der Waals surface area contributed by atoms with E-state index >= 15 is 0 Å². The maximum Gasteiger partial charge on any atom is 0.408 e. The summed E-state index contributed by atoms with van der Waals surface area (Å²) in [5.41, 5.74) is 1.10. The van der Waals surface area contributed by atoms with Crippen LogP contribution in [0.4, 0.5) is 4.79 Å². The van der Waals surface area contributed by atoms with Gasteiger partial charge in [0.15, 0.2) is 0 Å². The number of hydrogen-bond acceptors (Lipinski definition) is 5. The molecular formula is C27H37N3O5. The van der Waals surface area contributed by atoms with Crippen molar-refractivity contribution in [1.29, 1.82) is 0 Å². The number of carbonyl (C=O) groups excluding carboxylic acids is 3. The van der Waals surface area contributed by atoms with Crippen LogP contribution >= 0.6 is 0 Å². The number of phenolic OH excluding ortho intramolecular Hbond substituents is 1. The van der Waals surface area contributed by atoms with Gasteiger partial charge < -0.3 is 25.4 Å². The Morgan fingerprint density at radius 3 is 2.29 bits per heavy atom. The molecule has 8 nitrogen and oxygen atoms in total.